The van der Waals surface area contributed by atoms with E-state index in [0.29, 0.717) is 16.7 Å². The molecular weight excluding hydrogens is 478 g/mol. The maximum Gasteiger partial charge on any atom is 0.332 e. The van der Waals surface area contributed by atoms with Gasteiger partial charge in [0.1, 0.15) is 18.5 Å². The molecule has 0 fully saturated rings. The zero-order valence-electron chi connectivity index (χ0n) is 20.4. The third kappa shape index (κ3) is 4.38. The van der Waals surface area contributed by atoms with Crippen LogP contribution >= 0.6 is 0 Å². The van der Waals surface area contributed by atoms with Crippen molar-refractivity contribution in [1.82, 2.24) is 23.7 Å². The Labute approximate surface area is 209 Å². The van der Waals surface area contributed by atoms with Gasteiger partial charge in [0.05, 0.1) is 12.1 Å². The Hall–Kier alpha value is -4.71. The van der Waals surface area contributed by atoms with Gasteiger partial charge >= 0.3 is 5.69 Å². The van der Waals surface area contributed by atoms with Crippen molar-refractivity contribution in [1.29, 1.82) is 0 Å². The number of aliphatic hydroxyl groups excluding tert-OH is 1. The monoisotopic (exact) mass is 503 g/mol. The maximum absolute atomic E-state index is 13.0. The molecule has 1 atom stereocenters. The highest BCUT2D eigenvalue weighted by Crippen LogP contribution is 2.36. The Morgan fingerprint density at radius 2 is 1.78 bits per heavy atom. The minimum Gasteiger partial charge on any atom is -0.493 e. The number of nitrogens with zero attached hydrogens (tertiary/aromatic N) is 6. The third-order valence-corrected chi connectivity index (χ3v) is 6.08. The predicted octanol–water partition coefficient (Wildman–Crippen LogP) is 2.78. The van der Waals surface area contributed by atoms with E-state index in [9.17, 15) is 19.8 Å². The van der Waals surface area contributed by atoms with Gasteiger partial charge in [0.15, 0.2) is 16.9 Å². The largest absolute Gasteiger partial charge is 0.493 e. The molecule has 3 aromatic heterocycles. The third-order valence-electron chi connectivity index (χ3n) is 6.08. The molecule has 0 unspecified atom stereocenters. The lowest BCUT2D eigenvalue weighted by molar-refractivity contribution is 0.0937. The number of azo groups is 1. The van der Waals surface area contributed by atoms with Crippen LogP contribution < -0.4 is 16.0 Å². The van der Waals surface area contributed by atoms with Crippen molar-refractivity contribution >= 4 is 33.7 Å². The van der Waals surface area contributed by atoms with Gasteiger partial charge in [-0.15, -0.1) is 10.2 Å². The molecule has 0 spiro atoms. The zero-order chi connectivity index (χ0) is 26.3. The molecule has 0 aliphatic heterocycles. The summed E-state index contributed by atoms with van der Waals surface area (Å²) in [6.45, 7) is 1.79. The summed E-state index contributed by atoms with van der Waals surface area (Å²) < 4.78 is 9.28. The molecule has 190 valence electrons. The summed E-state index contributed by atoms with van der Waals surface area (Å²) in [4.78, 5) is 32.7. The number of hydrogen-bond acceptors (Lipinski definition) is 8. The molecule has 12 heteroatoms. The van der Waals surface area contributed by atoms with E-state index in [1.54, 1.807) is 30.3 Å². The lowest BCUT2D eigenvalue weighted by Crippen LogP contribution is -2.38. The quantitative estimate of drug-likeness (QED) is 0.291. The normalized spacial score (nSPS) is 12.6. The van der Waals surface area contributed by atoms with Crippen LogP contribution in [0.3, 0.4) is 0 Å². The molecule has 37 heavy (non-hydrogen) atoms. The van der Waals surface area contributed by atoms with Crippen molar-refractivity contribution in [3.05, 3.63) is 74.9 Å². The Morgan fingerprint density at radius 1 is 1.05 bits per heavy atom. The standard InChI is InChI=1S/C25H25N7O5/c1-14-8-10-16(11-9-14)37-13-15(33)12-32-20-21(30(2)25(36)31(3)23(20)35)27-24(32)29-28-19-17-6-4-5-7-18(17)26-22(19)34/h4-11,15,26,33-34H,12-13H2,1-3H3/t15-/m0/s1. The van der Waals surface area contributed by atoms with Crippen molar-refractivity contribution in [2.45, 2.75) is 19.6 Å². The van der Waals surface area contributed by atoms with E-state index in [2.05, 4.69) is 20.2 Å². The average molecular weight is 504 g/mol. The van der Waals surface area contributed by atoms with E-state index in [1.807, 2.05) is 25.1 Å². The molecule has 3 N–H and O–H groups in total. The second kappa shape index (κ2) is 9.39. The number of fused-ring (bicyclic) bond motifs is 2. The molecule has 0 amide bonds. The average Bonchev–Trinajstić information content (AvgIpc) is 3.41. The van der Waals surface area contributed by atoms with Crippen LogP contribution in [0, 0.1) is 6.92 Å². The van der Waals surface area contributed by atoms with Crippen molar-refractivity contribution in [2.24, 2.45) is 24.3 Å². The summed E-state index contributed by atoms with van der Waals surface area (Å²) in [6.07, 6.45) is -1.05. The summed E-state index contributed by atoms with van der Waals surface area (Å²) in [6, 6.07) is 14.6. The van der Waals surface area contributed by atoms with Gasteiger partial charge in [0, 0.05) is 19.5 Å². The number of aromatic amines is 1. The number of aliphatic hydroxyl groups is 1. The molecule has 0 bridgehead atoms. The number of nitrogens with one attached hydrogen (secondary N) is 1. The summed E-state index contributed by atoms with van der Waals surface area (Å²) in [5.41, 5.74) is 0.974. The van der Waals surface area contributed by atoms with Crippen LogP contribution in [-0.4, -0.2) is 46.6 Å². The number of H-pyrrole nitrogens is 1. The van der Waals surface area contributed by atoms with Crippen LogP contribution in [0.2, 0.25) is 0 Å². The van der Waals surface area contributed by atoms with Gasteiger partial charge in [0.25, 0.3) is 11.5 Å². The van der Waals surface area contributed by atoms with Crippen molar-refractivity contribution in [2.75, 3.05) is 6.61 Å². The van der Waals surface area contributed by atoms with Crippen LogP contribution in [0.1, 0.15) is 5.56 Å². The minimum atomic E-state index is -1.05. The molecule has 5 aromatic rings. The minimum absolute atomic E-state index is 0.0210. The molecular formula is C25H25N7O5. The summed E-state index contributed by atoms with van der Waals surface area (Å²) in [7, 11) is 2.86. The number of benzene rings is 2. The first-order valence-corrected chi connectivity index (χ1v) is 11.5. The van der Waals surface area contributed by atoms with E-state index < -0.39 is 17.4 Å². The second-order valence-electron chi connectivity index (χ2n) is 8.75. The number of ether oxygens (including phenoxy) is 1. The fourth-order valence-electron chi connectivity index (χ4n) is 4.08. The SMILES string of the molecule is Cc1ccc(OC[C@@H](O)Cn2c(N=Nc3c(O)[nH]c4ccccc34)nc3c2c(=O)n(C)c(=O)n3C)cc1. The van der Waals surface area contributed by atoms with E-state index in [0.717, 1.165) is 10.1 Å². The molecule has 0 saturated heterocycles. The van der Waals surface area contributed by atoms with Gasteiger partial charge in [-0.1, -0.05) is 35.9 Å². The van der Waals surface area contributed by atoms with Crippen molar-refractivity contribution in [3.8, 4) is 11.6 Å². The number of aryl methyl sites for hydroxylation is 2. The molecule has 0 radical (unpaired) electrons. The number of hydrogen-bond donors (Lipinski definition) is 3. The number of para-hydroxylation sites is 1. The highest BCUT2D eigenvalue weighted by Gasteiger charge is 2.22. The molecule has 0 aliphatic carbocycles. The molecule has 3 heterocycles. The van der Waals surface area contributed by atoms with Gasteiger partial charge in [0.2, 0.25) is 5.88 Å². The zero-order valence-corrected chi connectivity index (χ0v) is 20.4. The Bertz CT molecular complexity index is 1760. The van der Waals surface area contributed by atoms with Gasteiger partial charge in [-0.25, -0.2) is 4.79 Å². The lowest BCUT2D eigenvalue weighted by Gasteiger charge is -2.14. The van der Waals surface area contributed by atoms with Crippen LogP contribution in [0.5, 0.6) is 11.6 Å². The molecule has 5 rings (SSSR count). The van der Waals surface area contributed by atoms with E-state index in [4.69, 9.17) is 4.74 Å². The Balaban J connectivity index is 1.55. The lowest BCUT2D eigenvalue weighted by atomic mass is 10.2. The van der Waals surface area contributed by atoms with Gasteiger partial charge in [-0.3, -0.25) is 18.5 Å². The van der Waals surface area contributed by atoms with Crippen LogP contribution in [0.15, 0.2) is 68.3 Å². The fraction of sp³-hybridized carbons (Fsp3) is 0.240. The second-order valence-corrected chi connectivity index (χ2v) is 8.75. The number of imidazole rings is 1. The van der Waals surface area contributed by atoms with Crippen LogP contribution in [-0.2, 0) is 20.6 Å². The highest BCUT2D eigenvalue weighted by atomic mass is 16.5. The molecule has 0 saturated carbocycles. The Morgan fingerprint density at radius 3 is 2.54 bits per heavy atom. The first-order chi connectivity index (χ1) is 17.7. The topological polar surface area (TPSA) is 152 Å². The van der Waals surface area contributed by atoms with E-state index in [-0.39, 0.29) is 41.8 Å². The van der Waals surface area contributed by atoms with Crippen LogP contribution in [0.4, 0.5) is 11.6 Å². The van der Waals surface area contributed by atoms with E-state index >= 15 is 0 Å². The maximum atomic E-state index is 13.0. The van der Waals surface area contributed by atoms with Crippen LogP contribution in [0.25, 0.3) is 22.1 Å². The first kappa shape index (κ1) is 24.0. The number of aromatic nitrogens is 5. The molecule has 2 aromatic carbocycles. The Kier molecular flexibility index (Phi) is 6.09. The molecule has 0 aliphatic rings. The molecule has 12 nitrogen and oxygen atoms in total. The summed E-state index contributed by atoms with van der Waals surface area (Å²) in [5.74, 6) is 0.392. The van der Waals surface area contributed by atoms with Gasteiger partial charge < -0.3 is 19.9 Å². The van der Waals surface area contributed by atoms with Gasteiger partial charge in [-0.05, 0) is 25.1 Å². The smallest absolute Gasteiger partial charge is 0.332 e. The summed E-state index contributed by atoms with van der Waals surface area (Å²) in [5, 5.41) is 30.1. The van der Waals surface area contributed by atoms with E-state index in [1.165, 1.54) is 23.2 Å². The number of rotatable bonds is 7. The van der Waals surface area contributed by atoms with Crippen molar-refractivity contribution in [3.63, 3.8) is 0 Å². The van der Waals surface area contributed by atoms with Crippen molar-refractivity contribution < 1.29 is 14.9 Å². The predicted molar refractivity (Wildman–Crippen MR) is 137 cm³/mol. The first-order valence-electron chi connectivity index (χ1n) is 11.5. The van der Waals surface area contributed by atoms with Gasteiger partial charge in [-0.2, -0.15) is 4.98 Å². The summed E-state index contributed by atoms with van der Waals surface area (Å²) >= 11 is 0. The fourth-order valence-corrected chi connectivity index (χ4v) is 4.08. The highest BCUT2D eigenvalue weighted by molar-refractivity contribution is 5.94. The number of aromatic hydroxyl groups is 1.